The molecule has 1 N–H and O–H groups in total. The van der Waals surface area contributed by atoms with Crippen LogP contribution in [-0.4, -0.2) is 24.6 Å². The number of hydrogen-bond acceptors (Lipinski definition) is 4. The van der Waals surface area contributed by atoms with Gasteiger partial charge in [-0.25, -0.2) is 0 Å². The molecule has 22 heavy (non-hydrogen) atoms. The molecule has 0 atom stereocenters. The highest BCUT2D eigenvalue weighted by Crippen LogP contribution is 2.26. The number of ketones is 1. The molecule has 114 valence electrons. The molecule has 0 unspecified atom stereocenters. The largest absolute Gasteiger partial charge is 0.504 e. The molecule has 2 aromatic carbocycles. The van der Waals surface area contributed by atoms with Crippen molar-refractivity contribution < 1.29 is 19.4 Å². The van der Waals surface area contributed by atoms with Gasteiger partial charge in [-0.15, -0.1) is 0 Å². The Bertz CT molecular complexity index is 672. The van der Waals surface area contributed by atoms with Gasteiger partial charge in [0.1, 0.15) is 5.75 Å². The fourth-order valence-corrected chi connectivity index (χ4v) is 1.96. The van der Waals surface area contributed by atoms with Crippen LogP contribution in [0.25, 0.3) is 6.08 Å². The maximum absolute atomic E-state index is 12.1. The summed E-state index contributed by atoms with van der Waals surface area (Å²) in [4.78, 5) is 12.1. The van der Waals surface area contributed by atoms with Crippen molar-refractivity contribution >= 4 is 11.9 Å². The second kappa shape index (κ2) is 7.31. The number of phenols is 1. The van der Waals surface area contributed by atoms with E-state index in [1.54, 1.807) is 48.5 Å². The number of ether oxygens (including phenoxy) is 2. The van der Waals surface area contributed by atoms with Crippen molar-refractivity contribution in [3.63, 3.8) is 0 Å². The number of hydrogen-bond donors (Lipinski definition) is 1. The Hall–Kier alpha value is -2.75. The van der Waals surface area contributed by atoms with Crippen molar-refractivity contribution in [2.24, 2.45) is 0 Å². The highest BCUT2D eigenvalue weighted by atomic mass is 16.5. The molecule has 0 bridgehead atoms. The molecule has 0 saturated carbocycles. The number of phenolic OH excluding ortho intramolecular Hbond substituents is 1. The van der Waals surface area contributed by atoms with E-state index in [1.165, 1.54) is 13.2 Å². The summed E-state index contributed by atoms with van der Waals surface area (Å²) >= 11 is 0. The zero-order valence-corrected chi connectivity index (χ0v) is 12.6. The summed E-state index contributed by atoms with van der Waals surface area (Å²) in [6, 6.07) is 11.9. The van der Waals surface area contributed by atoms with Gasteiger partial charge in [-0.05, 0) is 55.0 Å². The van der Waals surface area contributed by atoms with E-state index in [-0.39, 0.29) is 11.5 Å². The van der Waals surface area contributed by atoms with Gasteiger partial charge < -0.3 is 14.6 Å². The number of carbonyl (C=O) groups is 1. The van der Waals surface area contributed by atoms with Crippen LogP contribution in [0.3, 0.4) is 0 Å². The lowest BCUT2D eigenvalue weighted by Crippen LogP contribution is -1.95. The minimum atomic E-state index is -0.113. The minimum absolute atomic E-state index is 0.0400. The predicted octanol–water partition coefficient (Wildman–Crippen LogP) is 3.70. The van der Waals surface area contributed by atoms with Crippen molar-refractivity contribution in [2.75, 3.05) is 13.7 Å². The van der Waals surface area contributed by atoms with Gasteiger partial charge in [0, 0.05) is 5.56 Å². The topological polar surface area (TPSA) is 55.8 Å². The zero-order valence-electron chi connectivity index (χ0n) is 12.6. The number of methoxy groups -OCH3 is 1. The highest BCUT2D eigenvalue weighted by Gasteiger charge is 2.03. The van der Waals surface area contributed by atoms with Crippen LogP contribution in [0.1, 0.15) is 22.8 Å². The lowest BCUT2D eigenvalue weighted by Gasteiger charge is -2.04. The summed E-state index contributed by atoms with van der Waals surface area (Å²) in [6.07, 6.45) is 3.12. The average molecular weight is 298 g/mol. The lowest BCUT2D eigenvalue weighted by molar-refractivity contribution is 0.104. The number of allylic oxidation sites excluding steroid dienone is 1. The number of aromatic hydroxyl groups is 1. The van der Waals surface area contributed by atoms with Gasteiger partial charge in [0.2, 0.25) is 0 Å². The molecule has 0 heterocycles. The molecule has 0 radical (unpaired) electrons. The molecular formula is C18H18O4. The molecule has 0 amide bonds. The predicted molar refractivity (Wildman–Crippen MR) is 85.6 cm³/mol. The quantitative estimate of drug-likeness (QED) is 0.652. The summed E-state index contributed by atoms with van der Waals surface area (Å²) in [5.74, 6) is 1.06. The number of carbonyl (C=O) groups excluding carboxylic acids is 1. The third kappa shape index (κ3) is 3.88. The van der Waals surface area contributed by atoms with Crippen molar-refractivity contribution in [1.82, 2.24) is 0 Å². The van der Waals surface area contributed by atoms with Gasteiger partial charge in [0.25, 0.3) is 0 Å². The normalized spacial score (nSPS) is 10.6. The van der Waals surface area contributed by atoms with Crippen LogP contribution in [0.4, 0.5) is 0 Å². The lowest BCUT2D eigenvalue weighted by atomic mass is 10.1. The summed E-state index contributed by atoms with van der Waals surface area (Å²) in [7, 11) is 1.49. The van der Waals surface area contributed by atoms with E-state index < -0.39 is 0 Å². The summed E-state index contributed by atoms with van der Waals surface area (Å²) < 4.78 is 10.3. The molecule has 4 heteroatoms. The highest BCUT2D eigenvalue weighted by molar-refractivity contribution is 6.06. The van der Waals surface area contributed by atoms with Crippen LogP contribution in [0, 0.1) is 0 Å². The third-order valence-corrected chi connectivity index (χ3v) is 3.08. The van der Waals surface area contributed by atoms with Crippen molar-refractivity contribution in [2.45, 2.75) is 6.92 Å². The maximum Gasteiger partial charge on any atom is 0.185 e. The standard InChI is InChI=1S/C18H18O4/c1-3-22-15-8-6-14(7-9-15)16(19)10-4-13-5-11-18(21-2)17(20)12-13/h4-12,20H,3H2,1-2H3. The second-order valence-electron chi connectivity index (χ2n) is 4.59. The fourth-order valence-electron chi connectivity index (χ4n) is 1.96. The van der Waals surface area contributed by atoms with Gasteiger partial charge in [-0.3, -0.25) is 4.79 Å². The molecule has 4 nitrogen and oxygen atoms in total. The Labute approximate surface area is 129 Å². The van der Waals surface area contributed by atoms with Gasteiger partial charge in [-0.1, -0.05) is 12.1 Å². The van der Waals surface area contributed by atoms with Gasteiger partial charge >= 0.3 is 0 Å². The van der Waals surface area contributed by atoms with Gasteiger partial charge in [0.05, 0.1) is 13.7 Å². The van der Waals surface area contributed by atoms with Crippen LogP contribution in [-0.2, 0) is 0 Å². The van der Waals surface area contributed by atoms with Gasteiger partial charge in [0.15, 0.2) is 17.3 Å². The molecule has 0 aliphatic carbocycles. The van der Waals surface area contributed by atoms with E-state index in [9.17, 15) is 9.90 Å². The first-order valence-corrected chi connectivity index (χ1v) is 6.96. The molecule has 0 aliphatic rings. The summed E-state index contributed by atoms with van der Waals surface area (Å²) in [5.41, 5.74) is 1.30. The molecule has 2 rings (SSSR count). The van der Waals surface area contributed by atoms with E-state index in [0.29, 0.717) is 17.9 Å². The number of benzene rings is 2. The maximum atomic E-state index is 12.1. The molecule has 0 aliphatic heterocycles. The summed E-state index contributed by atoms with van der Waals surface area (Å²) in [5, 5.41) is 9.70. The van der Waals surface area contributed by atoms with E-state index in [2.05, 4.69) is 0 Å². The first-order valence-electron chi connectivity index (χ1n) is 6.96. The Morgan fingerprint density at radius 3 is 2.50 bits per heavy atom. The molecular weight excluding hydrogens is 280 g/mol. The molecule has 0 aromatic heterocycles. The Kier molecular flexibility index (Phi) is 5.20. The smallest absolute Gasteiger partial charge is 0.185 e. The van der Waals surface area contributed by atoms with Crippen molar-refractivity contribution in [3.8, 4) is 17.2 Å². The van der Waals surface area contributed by atoms with Crippen LogP contribution in [0.5, 0.6) is 17.2 Å². The van der Waals surface area contributed by atoms with Crippen LogP contribution in [0.15, 0.2) is 48.5 Å². The average Bonchev–Trinajstić information content (AvgIpc) is 2.54. The van der Waals surface area contributed by atoms with Gasteiger partial charge in [-0.2, -0.15) is 0 Å². The number of rotatable bonds is 6. The first-order chi connectivity index (χ1) is 10.6. The Balaban J connectivity index is 2.09. The minimum Gasteiger partial charge on any atom is -0.504 e. The van der Waals surface area contributed by atoms with Crippen LogP contribution < -0.4 is 9.47 Å². The van der Waals surface area contributed by atoms with Crippen LogP contribution in [0.2, 0.25) is 0 Å². The van der Waals surface area contributed by atoms with E-state index in [1.807, 2.05) is 6.92 Å². The van der Waals surface area contributed by atoms with Crippen LogP contribution >= 0.6 is 0 Å². The Morgan fingerprint density at radius 2 is 1.91 bits per heavy atom. The SMILES string of the molecule is CCOc1ccc(C(=O)C=Cc2ccc(OC)c(O)c2)cc1. The van der Waals surface area contributed by atoms with Crippen molar-refractivity contribution in [1.29, 1.82) is 0 Å². The third-order valence-electron chi connectivity index (χ3n) is 3.08. The van der Waals surface area contributed by atoms with Crippen molar-refractivity contribution in [3.05, 3.63) is 59.7 Å². The van der Waals surface area contributed by atoms with E-state index >= 15 is 0 Å². The monoisotopic (exact) mass is 298 g/mol. The molecule has 0 spiro atoms. The Morgan fingerprint density at radius 1 is 1.18 bits per heavy atom. The molecule has 0 fully saturated rings. The molecule has 2 aromatic rings. The molecule has 0 saturated heterocycles. The van der Waals surface area contributed by atoms with E-state index in [0.717, 1.165) is 11.3 Å². The second-order valence-corrected chi connectivity index (χ2v) is 4.59. The zero-order chi connectivity index (χ0) is 15.9. The summed E-state index contributed by atoms with van der Waals surface area (Å²) in [6.45, 7) is 2.50. The fraction of sp³-hybridized carbons (Fsp3) is 0.167. The van der Waals surface area contributed by atoms with E-state index in [4.69, 9.17) is 9.47 Å². The first kappa shape index (κ1) is 15.6.